The highest BCUT2D eigenvalue weighted by Gasteiger charge is 2.25. The number of anilines is 2. The van der Waals surface area contributed by atoms with Crippen LogP contribution in [0.2, 0.25) is 0 Å². The fourth-order valence-corrected chi connectivity index (χ4v) is 3.38. The Morgan fingerprint density at radius 3 is 2.39 bits per heavy atom. The van der Waals surface area contributed by atoms with Crippen LogP contribution in [0.1, 0.15) is 15.9 Å². The van der Waals surface area contributed by atoms with Gasteiger partial charge in [-0.25, -0.2) is 0 Å². The quantitative estimate of drug-likeness (QED) is 0.152. The SMILES string of the molecule is N#CS.NC(=O)c1ccccc1CN1CCN(c2ccc([N+](=O)[O-])c(N)c2N=O)CC1. The lowest BCUT2D eigenvalue weighted by Gasteiger charge is -2.36. The van der Waals surface area contributed by atoms with Gasteiger partial charge in [0.05, 0.1) is 10.6 Å². The number of hydrogen-bond acceptors (Lipinski definition) is 10. The minimum Gasteiger partial charge on any atom is -0.391 e. The number of nitrogens with zero attached hydrogens (tertiary/aromatic N) is 5. The summed E-state index contributed by atoms with van der Waals surface area (Å²) in [5.74, 6) is -0.461. The Hall–Kier alpha value is -3.69. The van der Waals surface area contributed by atoms with Crippen molar-refractivity contribution in [2.24, 2.45) is 10.9 Å². The zero-order valence-electron chi connectivity index (χ0n) is 16.5. The smallest absolute Gasteiger partial charge is 0.294 e. The van der Waals surface area contributed by atoms with Crippen molar-refractivity contribution in [3.05, 3.63) is 62.5 Å². The van der Waals surface area contributed by atoms with E-state index in [2.05, 4.69) is 22.7 Å². The van der Waals surface area contributed by atoms with Gasteiger partial charge in [0.15, 0.2) is 5.69 Å². The first-order valence-corrected chi connectivity index (χ1v) is 9.57. The van der Waals surface area contributed by atoms with E-state index in [9.17, 15) is 19.8 Å². The number of thiol groups is 1. The van der Waals surface area contributed by atoms with Crippen molar-refractivity contribution in [1.82, 2.24) is 4.90 Å². The van der Waals surface area contributed by atoms with E-state index in [0.717, 1.165) is 5.56 Å². The fraction of sp³-hybridized carbons (Fsp3) is 0.263. The molecule has 1 saturated heterocycles. The van der Waals surface area contributed by atoms with Gasteiger partial charge in [-0.15, -0.1) is 4.91 Å². The summed E-state index contributed by atoms with van der Waals surface area (Å²) in [6.45, 7) is 3.08. The maximum Gasteiger partial charge on any atom is 0.294 e. The third-order valence-corrected chi connectivity index (χ3v) is 4.85. The molecule has 1 fully saturated rings. The number of piperazine rings is 1. The molecular formula is C19H21N7O4S. The largest absolute Gasteiger partial charge is 0.391 e. The normalized spacial score (nSPS) is 13.5. The molecule has 2 aromatic carbocycles. The van der Waals surface area contributed by atoms with Gasteiger partial charge in [-0.3, -0.25) is 19.8 Å². The van der Waals surface area contributed by atoms with Crippen molar-refractivity contribution in [3.63, 3.8) is 0 Å². The van der Waals surface area contributed by atoms with Crippen molar-refractivity contribution >= 4 is 41.3 Å². The number of nitro benzene ring substituents is 1. The molecule has 31 heavy (non-hydrogen) atoms. The lowest BCUT2D eigenvalue weighted by atomic mass is 10.1. The molecule has 1 aliphatic rings. The van der Waals surface area contributed by atoms with E-state index in [-0.39, 0.29) is 17.1 Å². The second kappa shape index (κ2) is 10.9. The number of carbonyl (C=O) groups excluding carboxylic acids is 1. The fourth-order valence-electron chi connectivity index (χ4n) is 3.38. The Labute approximate surface area is 183 Å². The highest BCUT2D eigenvalue weighted by atomic mass is 32.1. The average Bonchev–Trinajstić information content (AvgIpc) is 2.74. The molecule has 0 radical (unpaired) electrons. The molecule has 0 aromatic heterocycles. The predicted octanol–water partition coefficient (Wildman–Crippen LogP) is 2.39. The first kappa shape index (κ1) is 23.6. The Balaban J connectivity index is 0.00000107. The summed E-state index contributed by atoms with van der Waals surface area (Å²) < 4.78 is 0. The number of thiocyanates is 1. The van der Waals surface area contributed by atoms with Crippen LogP contribution in [0.15, 0.2) is 41.6 Å². The van der Waals surface area contributed by atoms with Crippen LogP contribution in [0.5, 0.6) is 0 Å². The number of nitroso groups, excluding NO2 is 1. The second-order valence-corrected chi connectivity index (χ2v) is 6.80. The van der Waals surface area contributed by atoms with Gasteiger partial charge in [0.1, 0.15) is 11.1 Å². The summed E-state index contributed by atoms with van der Waals surface area (Å²) >= 11 is 3.09. The van der Waals surface area contributed by atoms with Crippen LogP contribution in [0, 0.1) is 25.7 Å². The van der Waals surface area contributed by atoms with Crippen LogP contribution >= 0.6 is 12.6 Å². The first-order chi connectivity index (χ1) is 14.8. The van der Waals surface area contributed by atoms with Crippen LogP contribution in [-0.2, 0) is 6.54 Å². The molecule has 2 aromatic rings. The van der Waals surface area contributed by atoms with Crippen molar-refractivity contribution in [2.45, 2.75) is 6.54 Å². The van der Waals surface area contributed by atoms with Crippen molar-refractivity contribution in [2.75, 3.05) is 36.8 Å². The van der Waals surface area contributed by atoms with E-state index in [1.165, 1.54) is 17.5 Å². The number of carbonyl (C=O) groups is 1. The lowest BCUT2D eigenvalue weighted by molar-refractivity contribution is -0.383. The molecule has 1 aliphatic heterocycles. The third-order valence-electron chi connectivity index (χ3n) is 4.85. The number of nitro groups is 1. The van der Waals surface area contributed by atoms with Gasteiger partial charge in [0.2, 0.25) is 5.91 Å². The molecule has 0 saturated carbocycles. The molecule has 0 atom stereocenters. The second-order valence-electron chi connectivity index (χ2n) is 6.60. The van der Waals surface area contributed by atoms with E-state index in [1.54, 1.807) is 12.1 Å². The number of nitrogen functional groups attached to an aromatic ring is 1. The molecule has 1 amide bonds. The number of hydrogen-bond donors (Lipinski definition) is 3. The molecule has 0 aliphatic carbocycles. The lowest BCUT2D eigenvalue weighted by Crippen LogP contribution is -2.46. The molecule has 0 unspecified atom stereocenters. The van der Waals surface area contributed by atoms with Crippen LogP contribution in [0.4, 0.5) is 22.7 Å². The number of rotatable bonds is 6. The number of benzene rings is 2. The van der Waals surface area contributed by atoms with Gasteiger partial charge < -0.3 is 16.4 Å². The standard InChI is InChI=1S/C18H20N6O4.CHNS/c19-16-14(24(27)28)5-6-15(17(16)21-26)23-9-7-22(8-10-23)11-12-3-1-2-4-13(12)18(20)25;2-1-3/h1-6H,7-11,19H2,(H2,20,25);3H. The predicted molar refractivity (Wildman–Crippen MR) is 120 cm³/mol. The van der Waals surface area contributed by atoms with Crippen LogP contribution in [0.3, 0.4) is 0 Å². The summed E-state index contributed by atoms with van der Waals surface area (Å²) in [6.07, 6.45) is 0. The average molecular weight is 443 g/mol. The van der Waals surface area contributed by atoms with Crippen molar-refractivity contribution in [1.29, 1.82) is 5.26 Å². The van der Waals surface area contributed by atoms with E-state index >= 15 is 0 Å². The van der Waals surface area contributed by atoms with Gasteiger partial charge in [-0.05, 0) is 22.9 Å². The Morgan fingerprint density at radius 1 is 1.23 bits per heavy atom. The van der Waals surface area contributed by atoms with E-state index in [1.807, 2.05) is 17.0 Å². The minimum absolute atomic E-state index is 0.110. The zero-order valence-corrected chi connectivity index (χ0v) is 17.4. The molecule has 12 heteroatoms. The van der Waals surface area contributed by atoms with Crippen molar-refractivity contribution in [3.8, 4) is 5.40 Å². The molecule has 0 spiro atoms. The summed E-state index contributed by atoms with van der Waals surface area (Å²) in [5, 5.41) is 22.5. The molecule has 1 heterocycles. The van der Waals surface area contributed by atoms with Crippen LogP contribution in [0.25, 0.3) is 0 Å². The number of primary amides is 1. The summed E-state index contributed by atoms with van der Waals surface area (Å²) in [4.78, 5) is 37.3. The monoisotopic (exact) mass is 443 g/mol. The van der Waals surface area contributed by atoms with Gasteiger partial charge in [-0.2, -0.15) is 5.26 Å². The highest BCUT2D eigenvalue weighted by molar-refractivity contribution is 7.85. The van der Waals surface area contributed by atoms with E-state index in [0.29, 0.717) is 44.0 Å². The van der Waals surface area contributed by atoms with E-state index < -0.39 is 10.8 Å². The summed E-state index contributed by atoms with van der Waals surface area (Å²) in [7, 11) is 0. The van der Waals surface area contributed by atoms with Crippen LogP contribution in [-0.4, -0.2) is 41.9 Å². The molecule has 11 nitrogen and oxygen atoms in total. The van der Waals surface area contributed by atoms with Crippen LogP contribution < -0.4 is 16.4 Å². The number of nitriles is 1. The first-order valence-electron chi connectivity index (χ1n) is 9.12. The number of nitrogens with two attached hydrogens (primary N) is 2. The van der Waals surface area contributed by atoms with Crippen molar-refractivity contribution < 1.29 is 9.72 Å². The molecule has 0 bridgehead atoms. The summed E-state index contributed by atoms with van der Waals surface area (Å²) in [6, 6.07) is 10.00. The number of amides is 1. The minimum atomic E-state index is -0.637. The van der Waals surface area contributed by atoms with E-state index in [4.69, 9.17) is 16.7 Å². The maximum absolute atomic E-state index is 11.6. The zero-order chi connectivity index (χ0) is 23.0. The van der Waals surface area contributed by atoms with Gasteiger partial charge in [-0.1, -0.05) is 30.8 Å². The van der Waals surface area contributed by atoms with Gasteiger partial charge in [0, 0.05) is 44.4 Å². The van der Waals surface area contributed by atoms with Gasteiger partial charge >= 0.3 is 0 Å². The van der Waals surface area contributed by atoms with Gasteiger partial charge in [0.25, 0.3) is 5.69 Å². The Kier molecular flexibility index (Phi) is 8.30. The highest BCUT2D eigenvalue weighted by Crippen LogP contribution is 2.40. The Morgan fingerprint density at radius 2 is 1.84 bits per heavy atom. The third kappa shape index (κ3) is 5.68. The molecule has 4 N–H and O–H groups in total. The molecule has 3 rings (SSSR count). The Bertz CT molecular complexity index is 1020. The summed E-state index contributed by atoms with van der Waals surface area (Å²) in [5.41, 5.74) is 12.4. The molecular weight excluding hydrogens is 422 g/mol. The molecule has 162 valence electrons. The topological polar surface area (TPSA) is 172 Å². The maximum atomic E-state index is 11.6.